The number of aromatic nitrogens is 3. The Bertz CT molecular complexity index is 692. The van der Waals surface area contributed by atoms with Crippen LogP contribution < -0.4 is 11.2 Å². The Balaban J connectivity index is 2.80. The molecular formula is C10H11N3O4. The molecule has 0 aliphatic rings. The molecule has 0 unspecified atom stereocenters. The van der Waals surface area contributed by atoms with Crippen molar-refractivity contribution in [1.29, 1.82) is 0 Å². The average molecular weight is 237 g/mol. The van der Waals surface area contributed by atoms with Crippen molar-refractivity contribution in [3.63, 3.8) is 0 Å². The lowest BCUT2D eigenvalue weighted by molar-refractivity contribution is -0.136. The molecule has 0 fully saturated rings. The second kappa shape index (κ2) is 3.93. The Morgan fingerprint density at radius 2 is 2.18 bits per heavy atom. The van der Waals surface area contributed by atoms with Gasteiger partial charge in [0.2, 0.25) is 0 Å². The average Bonchev–Trinajstić information content (AvgIpc) is 2.61. The van der Waals surface area contributed by atoms with E-state index < -0.39 is 17.2 Å². The summed E-state index contributed by atoms with van der Waals surface area (Å²) < 4.78 is 1.03. The van der Waals surface area contributed by atoms with Crippen LogP contribution in [0.2, 0.25) is 0 Å². The Morgan fingerprint density at radius 3 is 2.76 bits per heavy atom. The van der Waals surface area contributed by atoms with Gasteiger partial charge in [0.1, 0.15) is 5.65 Å². The predicted molar refractivity (Wildman–Crippen MR) is 60.2 cm³/mol. The van der Waals surface area contributed by atoms with Gasteiger partial charge in [-0.3, -0.25) is 19.1 Å². The van der Waals surface area contributed by atoms with Gasteiger partial charge in [0.15, 0.2) is 0 Å². The number of nitrogens with zero attached hydrogens (tertiary/aromatic N) is 1. The van der Waals surface area contributed by atoms with Crippen molar-refractivity contribution in [2.45, 2.75) is 19.9 Å². The van der Waals surface area contributed by atoms with Crippen molar-refractivity contribution in [2.75, 3.05) is 0 Å². The molecule has 0 aromatic carbocycles. The smallest absolute Gasteiger partial charge is 0.329 e. The first kappa shape index (κ1) is 11.2. The van der Waals surface area contributed by atoms with Gasteiger partial charge in [-0.05, 0) is 12.5 Å². The fourth-order valence-corrected chi connectivity index (χ4v) is 1.80. The number of carboxylic acids is 1. The summed E-state index contributed by atoms with van der Waals surface area (Å²) in [4.78, 5) is 39.3. The minimum Gasteiger partial charge on any atom is -0.481 e. The van der Waals surface area contributed by atoms with E-state index in [4.69, 9.17) is 5.11 Å². The Labute approximate surface area is 94.7 Å². The van der Waals surface area contributed by atoms with Crippen molar-refractivity contribution in [3.05, 3.63) is 32.6 Å². The number of fused-ring (bicyclic) bond motifs is 1. The van der Waals surface area contributed by atoms with Crippen molar-refractivity contribution in [1.82, 2.24) is 14.5 Å². The lowest BCUT2D eigenvalue weighted by atomic mass is 10.2. The van der Waals surface area contributed by atoms with Gasteiger partial charge in [0.25, 0.3) is 5.56 Å². The number of carboxylic acid groups (broad SMARTS) is 1. The maximum atomic E-state index is 12.0. The summed E-state index contributed by atoms with van der Waals surface area (Å²) >= 11 is 0. The lowest BCUT2D eigenvalue weighted by Crippen LogP contribution is -2.34. The second-order valence-corrected chi connectivity index (χ2v) is 3.61. The van der Waals surface area contributed by atoms with Gasteiger partial charge in [-0.2, -0.15) is 0 Å². The van der Waals surface area contributed by atoms with Gasteiger partial charge >= 0.3 is 11.7 Å². The maximum absolute atomic E-state index is 12.0. The van der Waals surface area contributed by atoms with E-state index in [9.17, 15) is 14.4 Å². The third-order valence-corrected chi connectivity index (χ3v) is 2.56. The molecule has 0 saturated carbocycles. The summed E-state index contributed by atoms with van der Waals surface area (Å²) in [6.45, 7) is 1.91. The molecule has 7 heteroatoms. The summed E-state index contributed by atoms with van der Waals surface area (Å²) in [6, 6.07) is 0. The van der Waals surface area contributed by atoms with Gasteiger partial charge in [0.05, 0.1) is 11.8 Å². The molecule has 7 nitrogen and oxygen atoms in total. The Hall–Kier alpha value is -2.31. The molecule has 0 aliphatic carbocycles. The first-order chi connectivity index (χ1) is 8.04. The number of H-pyrrole nitrogens is 2. The Morgan fingerprint density at radius 1 is 1.47 bits per heavy atom. The summed E-state index contributed by atoms with van der Waals surface area (Å²) in [7, 11) is 0. The van der Waals surface area contributed by atoms with Crippen LogP contribution >= 0.6 is 0 Å². The number of hydrogen-bond acceptors (Lipinski definition) is 3. The molecule has 0 bridgehead atoms. The molecule has 0 amide bonds. The lowest BCUT2D eigenvalue weighted by Gasteiger charge is -2.00. The first-order valence-electron chi connectivity index (χ1n) is 5.09. The molecule has 2 heterocycles. The highest BCUT2D eigenvalue weighted by Crippen LogP contribution is 2.11. The van der Waals surface area contributed by atoms with E-state index in [-0.39, 0.29) is 24.0 Å². The molecule has 0 spiro atoms. The minimum atomic E-state index is -1.03. The van der Waals surface area contributed by atoms with Gasteiger partial charge < -0.3 is 10.1 Å². The number of rotatable bonds is 3. The zero-order chi connectivity index (χ0) is 12.6. The van der Waals surface area contributed by atoms with Crippen LogP contribution in [0.25, 0.3) is 11.0 Å². The van der Waals surface area contributed by atoms with Crippen LogP contribution in [0.15, 0.2) is 15.8 Å². The zero-order valence-electron chi connectivity index (χ0n) is 9.11. The number of carbonyl (C=O) groups is 1. The number of hydrogen-bond donors (Lipinski definition) is 3. The fourth-order valence-electron chi connectivity index (χ4n) is 1.80. The summed E-state index contributed by atoms with van der Waals surface area (Å²) in [5.74, 6) is -1.03. The van der Waals surface area contributed by atoms with E-state index >= 15 is 0 Å². The van der Waals surface area contributed by atoms with Crippen molar-refractivity contribution in [3.8, 4) is 0 Å². The number of aliphatic carboxylic acids is 1. The quantitative estimate of drug-likeness (QED) is 0.678. The highest BCUT2D eigenvalue weighted by Gasteiger charge is 2.14. The van der Waals surface area contributed by atoms with E-state index in [0.29, 0.717) is 5.56 Å². The van der Waals surface area contributed by atoms with Crippen LogP contribution in [0, 0.1) is 0 Å². The van der Waals surface area contributed by atoms with Crippen LogP contribution in [0.3, 0.4) is 0 Å². The molecule has 0 atom stereocenters. The van der Waals surface area contributed by atoms with Crippen LogP contribution in [0.1, 0.15) is 12.5 Å². The Kier molecular flexibility index (Phi) is 2.58. The van der Waals surface area contributed by atoms with Gasteiger partial charge in [-0.15, -0.1) is 0 Å². The molecule has 2 aromatic heterocycles. The van der Waals surface area contributed by atoms with E-state index in [0.717, 1.165) is 4.57 Å². The fraction of sp³-hybridized carbons (Fsp3) is 0.300. The summed E-state index contributed by atoms with van der Waals surface area (Å²) in [6.07, 6.45) is 1.17. The third-order valence-electron chi connectivity index (χ3n) is 2.56. The van der Waals surface area contributed by atoms with Crippen LogP contribution in [-0.2, 0) is 17.8 Å². The molecule has 2 aromatic rings. The molecule has 90 valence electrons. The van der Waals surface area contributed by atoms with Gasteiger partial charge in [-0.25, -0.2) is 4.79 Å². The topological polar surface area (TPSA) is 108 Å². The highest BCUT2D eigenvalue weighted by atomic mass is 16.4. The van der Waals surface area contributed by atoms with Crippen molar-refractivity contribution >= 4 is 17.0 Å². The molecule has 2 rings (SSSR count). The SMILES string of the molecule is CCn1c(=O)[nH]c2[nH]cc(CC(=O)O)c2c1=O. The maximum Gasteiger partial charge on any atom is 0.329 e. The van der Waals surface area contributed by atoms with E-state index in [1.807, 2.05) is 0 Å². The minimum absolute atomic E-state index is 0.230. The van der Waals surface area contributed by atoms with E-state index in [1.54, 1.807) is 6.92 Å². The zero-order valence-corrected chi connectivity index (χ0v) is 9.11. The second-order valence-electron chi connectivity index (χ2n) is 3.61. The molecule has 17 heavy (non-hydrogen) atoms. The third kappa shape index (κ3) is 1.75. The molecule has 0 radical (unpaired) electrons. The van der Waals surface area contributed by atoms with E-state index in [2.05, 4.69) is 9.97 Å². The standard InChI is InChI=1S/C10H11N3O4/c1-2-13-9(16)7-5(3-6(14)15)4-11-8(7)12-10(13)17/h4,11H,2-3H2,1H3,(H,12,17)(H,14,15). The van der Waals surface area contributed by atoms with Gasteiger partial charge in [-0.1, -0.05) is 0 Å². The van der Waals surface area contributed by atoms with Gasteiger partial charge in [0, 0.05) is 12.7 Å². The van der Waals surface area contributed by atoms with E-state index in [1.165, 1.54) is 6.20 Å². The molecule has 0 aliphatic heterocycles. The highest BCUT2D eigenvalue weighted by molar-refractivity contribution is 5.83. The van der Waals surface area contributed by atoms with Crippen LogP contribution in [0.4, 0.5) is 0 Å². The number of aromatic amines is 2. The van der Waals surface area contributed by atoms with Crippen LogP contribution in [-0.4, -0.2) is 25.6 Å². The largest absolute Gasteiger partial charge is 0.481 e. The predicted octanol–water partition coefficient (Wildman–Crippen LogP) is -0.335. The summed E-state index contributed by atoms with van der Waals surface area (Å²) in [5.41, 5.74) is -0.339. The normalized spacial score (nSPS) is 10.9. The molecular weight excluding hydrogens is 226 g/mol. The summed E-state index contributed by atoms with van der Waals surface area (Å²) in [5, 5.41) is 8.95. The van der Waals surface area contributed by atoms with Crippen molar-refractivity contribution in [2.24, 2.45) is 0 Å². The number of nitrogens with one attached hydrogen (secondary N) is 2. The van der Waals surface area contributed by atoms with Crippen LogP contribution in [0.5, 0.6) is 0 Å². The molecule has 3 N–H and O–H groups in total. The molecule has 0 saturated heterocycles. The first-order valence-corrected chi connectivity index (χ1v) is 5.09. The van der Waals surface area contributed by atoms with Crippen molar-refractivity contribution < 1.29 is 9.90 Å². The monoisotopic (exact) mass is 237 g/mol.